The van der Waals surface area contributed by atoms with Gasteiger partial charge >= 0.3 is 35.8 Å². The van der Waals surface area contributed by atoms with Crippen molar-refractivity contribution in [2.24, 2.45) is 5.92 Å². The van der Waals surface area contributed by atoms with Gasteiger partial charge in [-0.15, -0.1) is 0 Å². The average molecular weight is 1160 g/mol. The molecule has 76 heavy (non-hydrogen) atoms. The summed E-state index contributed by atoms with van der Waals surface area (Å²) in [4.78, 5) is 126. The molecule has 2 heterocycles. The Kier molecular flexibility index (Phi) is 24.8. The zero-order valence-corrected chi connectivity index (χ0v) is 45.8. The number of methoxy groups -OCH3 is 1. The van der Waals surface area contributed by atoms with Gasteiger partial charge in [-0.25, -0.2) is 19.2 Å². The highest BCUT2D eigenvalue weighted by atomic mass is 33.1. The second-order valence-corrected chi connectivity index (χ2v) is 23.3. The molecule has 3 aliphatic rings. The van der Waals surface area contributed by atoms with Crippen molar-refractivity contribution >= 4 is 108 Å². The van der Waals surface area contributed by atoms with E-state index >= 15 is 0 Å². The number of carbonyl (C=O) groups excluding carboxylic acids is 7. The van der Waals surface area contributed by atoms with Crippen LogP contribution in [0.4, 0.5) is 4.79 Å². The summed E-state index contributed by atoms with van der Waals surface area (Å²) in [6.07, 6.45) is -18.3. The number of nitrogens with one attached hydrogen (secondary N) is 4. The number of amides is 3. The smallest absolute Gasteiger partial charge is 0.341 e. The highest BCUT2D eigenvalue weighted by molar-refractivity contribution is 8.82. The van der Waals surface area contributed by atoms with Crippen LogP contribution in [0.25, 0.3) is 0 Å². The molecule has 2 fully saturated rings. The van der Waals surface area contributed by atoms with Crippen molar-refractivity contribution in [2.45, 2.75) is 164 Å². The molecule has 0 aromatic heterocycles. The van der Waals surface area contributed by atoms with E-state index < -0.39 is 185 Å². The molecular weight excluding hydrogens is 1100 g/mol. The molecule has 428 valence electrons. The second-order valence-electron chi connectivity index (χ2n) is 18.1. The highest BCUT2D eigenvalue weighted by Crippen LogP contribution is 2.43. The molecule has 5 unspecified atom stereocenters. The Hall–Kier alpha value is -4.77. The third-order valence-electron chi connectivity index (χ3n) is 11.9. The van der Waals surface area contributed by atoms with E-state index in [2.05, 4.69) is 16.0 Å². The van der Waals surface area contributed by atoms with Gasteiger partial charge in [-0.1, -0.05) is 46.2 Å². The Morgan fingerprint density at radius 2 is 1.45 bits per heavy atom. The summed E-state index contributed by atoms with van der Waals surface area (Å²) in [5, 5.41) is 89.7. The van der Waals surface area contributed by atoms with E-state index in [1.54, 1.807) is 13.8 Å². The van der Waals surface area contributed by atoms with Crippen LogP contribution in [-0.4, -0.2) is 215 Å². The zero-order chi connectivity index (χ0) is 57.7. The first-order valence-electron chi connectivity index (χ1n) is 23.1. The van der Waals surface area contributed by atoms with E-state index in [0.717, 1.165) is 42.4 Å². The number of esters is 3. The minimum Gasteiger partial charge on any atom is -0.508 e. The molecule has 2 saturated heterocycles. The van der Waals surface area contributed by atoms with Crippen molar-refractivity contribution in [1.82, 2.24) is 16.0 Å². The van der Waals surface area contributed by atoms with E-state index in [-0.39, 0.29) is 23.8 Å². The van der Waals surface area contributed by atoms with E-state index in [1.807, 2.05) is 0 Å². The summed E-state index contributed by atoms with van der Waals surface area (Å²) in [5.74, 6) is -12.9. The monoisotopic (exact) mass is 1160 g/mol. The molecular formula is C44H64N4O24S4. The van der Waals surface area contributed by atoms with Crippen LogP contribution in [-0.2, 0) is 76.3 Å². The first-order valence-corrected chi connectivity index (χ1v) is 27.8. The van der Waals surface area contributed by atoms with Gasteiger partial charge in [-0.05, 0) is 26.7 Å². The number of aliphatic hydroxyl groups excluding tert-OH is 2. The average Bonchev–Trinajstić information content (AvgIpc) is 3.30. The summed E-state index contributed by atoms with van der Waals surface area (Å²) >= 11 is 0. The lowest BCUT2D eigenvalue weighted by atomic mass is 9.74. The molecule has 2 aliphatic heterocycles. The maximum atomic E-state index is 14.7. The van der Waals surface area contributed by atoms with Crippen molar-refractivity contribution < 1.29 is 117 Å². The fourth-order valence-corrected chi connectivity index (χ4v) is 12.5. The lowest BCUT2D eigenvalue weighted by molar-refractivity contribution is -0.345. The molecule has 0 aromatic rings. The number of ketones is 1. The number of rotatable bonds is 26. The fraction of sp³-hybridized carbons (Fsp3) is 0.705. The Bertz CT molecular complexity index is 2240. The normalized spacial score (nSPS) is 28.7. The van der Waals surface area contributed by atoms with Gasteiger partial charge in [0.1, 0.15) is 72.3 Å². The second kappa shape index (κ2) is 28.7. The minimum atomic E-state index is -3.20. The van der Waals surface area contributed by atoms with E-state index in [0.29, 0.717) is 21.6 Å². The largest absolute Gasteiger partial charge is 0.508 e. The predicted octanol–water partition coefficient (Wildman–Crippen LogP) is -0.138. The summed E-state index contributed by atoms with van der Waals surface area (Å²) < 4.78 is 40.9. The van der Waals surface area contributed by atoms with Crippen LogP contribution in [0.15, 0.2) is 11.3 Å². The SMILES string of the molecule is CO[C@H]1C[C@H](O[C@H]2[C@@H](O)[C@H](C3(O)CC(=O)C(=N)C(C(=O)O)=C3O)O[C@H](COC(C)=O)[C@H]2OC(=O)[C@@H](NC(=O)SSCC(NC(C)=O)C(=O)O)C(C)SSCC(NC(C)=O)C(=O)O)O[C@@H](C)[C@]1(O)C(C)OC(=O)CC(C)C. The molecule has 0 aromatic carbocycles. The number of hydrogen-bond acceptors (Lipinski definition) is 26. The van der Waals surface area contributed by atoms with Gasteiger partial charge in [0.25, 0.3) is 5.24 Å². The standard InChI is InChI=1S/C44H64N4O24S4/c1-16(2)10-28(53)68-18(4)44(65)19(5)69-29(11-27(44)66-9)71-35-33(54)37(43(64)12-25(52)31(45)30(36(43)55)40(60)61)70-26(13-67-22(8)51)34(35)72-41(62)32(17(3)75-73-14-23(38(56)57)46-20(6)49)48-42(63)76-74-15-24(39(58)59)47-21(7)50/h16-19,23-24,26-27,29,32-35,37,45,54-55,64-65H,10-15H2,1-9H3,(H,46,49)(H,47,50)(H,48,63)(H,56,57)(H,58,59)(H,60,61)/t17?,18?,19-,23?,24?,26+,27-,29-,32-,33+,34+,35-,37+,43?,44+/m0/s1. The number of aliphatic hydroxyl groups is 4. The summed E-state index contributed by atoms with van der Waals surface area (Å²) in [7, 11) is 3.91. The van der Waals surface area contributed by atoms with Crippen molar-refractivity contribution in [2.75, 3.05) is 25.2 Å². The molecule has 0 bridgehead atoms. The summed E-state index contributed by atoms with van der Waals surface area (Å²) in [6.45, 7) is 9.83. The fourth-order valence-electron chi connectivity index (χ4n) is 8.11. The summed E-state index contributed by atoms with van der Waals surface area (Å²) in [6, 6.07) is -4.67. The van der Waals surface area contributed by atoms with Crippen LogP contribution in [0, 0.1) is 11.3 Å². The molecule has 15 atom stereocenters. The molecule has 0 radical (unpaired) electrons. The van der Waals surface area contributed by atoms with E-state index in [9.17, 15) is 83.7 Å². The van der Waals surface area contributed by atoms with Crippen LogP contribution in [0.5, 0.6) is 0 Å². The molecule has 3 rings (SSSR count). The Labute approximate surface area is 450 Å². The first kappa shape index (κ1) is 65.5. The van der Waals surface area contributed by atoms with E-state index in [4.69, 9.17) is 38.6 Å². The maximum Gasteiger partial charge on any atom is 0.341 e. The van der Waals surface area contributed by atoms with Crippen LogP contribution >= 0.6 is 43.2 Å². The van der Waals surface area contributed by atoms with Gasteiger partial charge in [0, 0.05) is 68.3 Å². The van der Waals surface area contributed by atoms with Gasteiger partial charge < -0.3 is 84.9 Å². The van der Waals surface area contributed by atoms with Gasteiger partial charge in [-0.2, -0.15) is 0 Å². The van der Waals surface area contributed by atoms with Crippen molar-refractivity contribution in [3.8, 4) is 0 Å². The van der Waals surface area contributed by atoms with Crippen molar-refractivity contribution in [3.05, 3.63) is 11.3 Å². The lowest BCUT2D eigenvalue weighted by Crippen LogP contribution is -2.70. The third-order valence-corrected chi connectivity index (χ3v) is 16.9. The van der Waals surface area contributed by atoms with Crippen LogP contribution < -0.4 is 16.0 Å². The zero-order valence-electron chi connectivity index (χ0n) is 42.5. The molecule has 0 saturated carbocycles. The van der Waals surface area contributed by atoms with Gasteiger partial charge in [0.15, 0.2) is 29.4 Å². The number of Topliss-reactive ketones (excluding diaryl/α,β-unsaturated/α-hetero) is 1. The summed E-state index contributed by atoms with van der Waals surface area (Å²) in [5.41, 5.74) is -7.89. The maximum absolute atomic E-state index is 14.7. The van der Waals surface area contributed by atoms with Gasteiger partial charge in [-0.3, -0.25) is 34.2 Å². The quantitative estimate of drug-likeness (QED) is 0.0305. The van der Waals surface area contributed by atoms with Crippen molar-refractivity contribution in [3.63, 3.8) is 0 Å². The van der Waals surface area contributed by atoms with Crippen LogP contribution in [0.3, 0.4) is 0 Å². The highest BCUT2D eigenvalue weighted by Gasteiger charge is 2.62. The minimum absolute atomic E-state index is 0.0101. The Morgan fingerprint density at radius 3 is 1.96 bits per heavy atom. The van der Waals surface area contributed by atoms with Gasteiger partial charge in [0.05, 0.1) is 18.6 Å². The topological polar surface area (TPSA) is 437 Å². The number of carboxylic acids is 3. The van der Waals surface area contributed by atoms with Crippen LogP contribution in [0.1, 0.15) is 74.7 Å². The molecule has 28 nitrogen and oxygen atoms in total. The first-order chi connectivity index (χ1) is 35.3. The third kappa shape index (κ3) is 17.1. The predicted molar refractivity (Wildman–Crippen MR) is 268 cm³/mol. The number of carbonyl (C=O) groups is 10. The number of aliphatic carboxylic acids is 3. The Balaban J connectivity index is 2.19. The molecule has 0 spiro atoms. The number of ether oxygens (including phenoxy) is 7. The van der Waals surface area contributed by atoms with Crippen LogP contribution in [0.2, 0.25) is 0 Å². The molecule has 11 N–H and O–H groups in total. The molecule has 32 heteroatoms. The molecule has 3 amide bonds. The van der Waals surface area contributed by atoms with Gasteiger partial charge in [0.2, 0.25) is 11.8 Å². The molecule has 1 aliphatic carbocycles. The number of hydrogen-bond donors (Lipinski definition) is 11. The van der Waals surface area contributed by atoms with Crippen molar-refractivity contribution in [1.29, 1.82) is 5.41 Å². The lowest BCUT2D eigenvalue weighted by Gasteiger charge is -2.52. The number of carboxylic acid groups (broad SMARTS) is 3. The van der Waals surface area contributed by atoms with E-state index in [1.165, 1.54) is 27.9 Å². The Morgan fingerprint density at radius 1 is 0.868 bits per heavy atom.